The number of rotatable bonds is 3. The summed E-state index contributed by atoms with van der Waals surface area (Å²) in [5.74, 6) is 0.732. The van der Waals surface area contributed by atoms with E-state index in [1.54, 1.807) is 0 Å². The highest BCUT2D eigenvalue weighted by Crippen LogP contribution is 2.18. The summed E-state index contributed by atoms with van der Waals surface area (Å²) in [6.07, 6.45) is 9.38. The minimum absolute atomic E-state index is 0.732. The highest BCUT2D eigenvalue weighted by Gasteiger charge is 2.08. The van der Waals surface area contributed by atoms with Gasteiger partial charge in [-0.15, -0.1) is 0 Å². The first-order valence-corrected chi connectivity index (χ1v) is 4.74. The number of hydrogen-bond acceptors (Lipinski definition) is 1. The van der Waals surface area contributed by atoms with Crippen molar-refractivity contribution in [3.63, 3.8) is 0 Å². The van der Waals surface area contributed by atoms with Crippen LogP contribution >= 0.6 is 0 Å². The molecule has 1 atom stereocenters. The van der Waals surface area contributed by atoms with Gasteiger partial charge in [0.05, 0.1) is 0 Å². The van der Waals surface area contributed by atoms with Crippen LogP contribution in [0.25, 0.3) is 0 Å². The topological polar surface area (TPSA) is 3.24 Å². The van der Waals surface area contributed by atoms with Gasteiger partial charge in [-0.2, -0.15) is 0 Å². The summed E-state index contributed by atoms with van der Waals surface area (Å²) in [6, 6.07) is 0. The molecular formula is C11H19N. The van der Waals surface area contributed by atoms with E-state index in [-0.39, 0.29) is 0 Å². The predicted octanol–water partition coefficient (Wildman–Crippen LogP) is 2.46. The van der Waals surface area contributed by atoms with Crippen molar-refractivity contribution in [2.24, 2.45) is 5.92 Å². The van der Waals surface area contributed by atoms with Gasteiger partial charge in [-0.3, -0.25) is 0 Å². The summed E-state index contributed by atoms with van der Waals surface area (Å²) in [5.41, 5.74) is 1.49. The lowest BCUT2D eigenvalue weighted by Crippen LogP contribution is -2.20. The van der Waals surface area contributed by atoms with E-state index in [0.29, 0.717) is 0 Å². The summed E-state index contributed by atoms with van der Waals surface area (Å²) >= 11 is 0. The molecule has 0 amide bonds. The van der Waals surface area contributed by atoms with Crippen LogP contribution in [0.3, 0.4) is 0 Å². The van der Waals surface area contributed by atoms with Gasteiger partial charge in [-0.1, -0.05) is 30.7 Å². The van der Waals surface area contributed by atoms with E-state index in [4.69, 9.17) is 0 Å². The van der Waals surface area contributed by atoms with Gasteiger partial charge in [0.15, 0.2) is 0 Å². The molecule has 1 aliphatic rings. The van der Waals surface area contributed by atoms with Gasteiger partial charge in [0.2, 0.25) is 0 Å². The van der Waals surface area contributed by atoms with E-state index in [1.807, 2.05) is 0 Å². The Morgan fingerprint density at radius 2 is 2.25 bits per heavy atom. The van der Waals surface area contributed by atoms with Gasteiger partial charge in [0, 0.05) is 6.54 Å². The molecular weight excluding hydrogens is 146 g/mol. The highest BCUT2D eigenvalue weighted by molar-refractivity contribution is 5.23. The molecule has 68 valence electrons. The molecule has 0 saturated carbocycles. The molecule has 0 aromatic carbocycles. The quantitative estimate of drug-likeness (QED) is 0.621. The zero-order valence-corrected chi connectivity index (χ0v) is 8.38. The molecule has 1 unspecified atom stereocenters. The lowest BCUT2D eigenvalue weighted by atomic mass is 9.95. The third kappa shape index (κ3) is 2.82. The van der Waals surface area contributed by atoms with Crippen LogP contribution in [0.2, 0.25) is 0 Å². The Balaban J connectivity index is 2.38. The summed E-state index contributed by atoms with van der Waals surface area (Å²) in [7, 11) is 4.26. The van der Waals surface area contributed by atoms with E-state index >= 15 is 0 Å². The van der Waals surface area contributed by atoms with Crippen LogP contribution in [-0.2, 0) is 0 Å². The number of allylic oxidation sites excluding steroid dienone is 3. The predicted molar refractivity (Wildman–Crippen MR) is 54.2 cm³/mol. The molecule has 1 aliphatic carbocycles. The van der Waals surface area contributed by atoms with Crippen molar-refractivity contribution in [3.05, 3.63) is 23.8 Å². The maximum atomic E-state index is 2.37. The van der Waals surface area contributed by atoms with Crippen molar-refractivity contribution in [3.8, 4) is 0 Å². The van der Waals surface area contributed by atoms with E-state index in [9.17, 15) is 0 Å². The normalized spacial score (nSPS) is 23.0. The lowest BCUT2D eigenvalue weighted by molar-refractivity contribution is 0.358. The van der Waals surface area contributed by atoms with Gasteiger partial charge in [0.25, 0.3) is 0 Å². The largest absolute Gasteiger partial charge is 0.309 e. The second-order valence-electron chi connectivity index (χ2n) is 3.75. The minimum Gasteiger partial charge on any atom is -0.309 e. The van der Waals surface area contributed by atoms with Gasteiger partial charge in [-0.05, 0) is 32.9 Å². The van der Waals surface area contributed by atoms with Crippen molar-refractivity contribution in [2.75, 3.05) is 20.6 Å². The molecule has 0 spiro atoms. The average molecular weight is 165 g/mol. The van der Waals surface area contributed by atoms with Gasteiger partial charge >= 0.3 is 0 Å². The average Bonchev–Trinajstić information content (AvgIpc) is 2.05. The van der Waals surface area contributed by atoms with E-state index in [2.05, 4.69) is 44.1 Å². The summed E-state index contributed by atoms with van der Waals surface area (Å²) in [6.45, 7) is 3.38. The Labute approximate surface area is 75.8 Å². The molecule has 0 heterocycles. The first-order chi connectivity index (χ1) is 5.72. The van der Waals surface area contributed by atoms with Crippen molar-refractivity contribution in [1.82, 2.24) is 4.90 Å². The zero-order chi connectivity index (χ0) is 8.97. The summed E-state index contributed by atoms with van der Waals surface area (Å²) in [4.78, 5) is 2.25. The van der Waals surface area contributed by atoms with Gasteiger partial charge in [-0.25, -0.2) is 0 Å². The van der Waals surface area contributed by atoms with Crippen molar-refractivity contribution in [2.45, 2.75) is 19.8 Å². The second-order valence-corrected chi connectivity index (χ2v) is 3.75. The Morgan fingerprint density at radius 1 is 1.50 bits per heavy atom. The zero-order valence-electron chi connectivity index (χ0n) is 8.38. The van der Waals surface area contributed by atoms with E-state index in [0.717, 1.165) is 5.92 Å². The van der Waals surface area contributed by atoms with Crippen LogP contribution in [0.1, 0.15) is 19.8 Å². The Bertz CT molecular complexity index is 189. The van der Waals surface area contributed by atoms with E-state index < -0.39 is 0 Å². The molecule has 0 saturated heterocycles. The number of hydrogen-bond donors (Lipinski definition) is 0. The van der Waals surface area contributed by atoms with Gasteiger partial charge < -0.3 is 4.90 Å². The second kappa shape index (κ2) is 4.46. The fourth-order valence-corrected chi connectivity index (χ4v) is 1.58. The third-order valence-electron chi connectivity index (χ3n) is 2.27. The fraction of sp³-hybridized carbons (Fsp3) is 0.636. The number of nitrogens with zero attached hydrogens (tertiary/aromatic N) is 1. The molecule has 0 N–H and O–H groups in total. The third-order valence-corrected chi connectivity index (χ3v) is 2.27. The van der Waals surface area contributed by atoms with Crippen LogP contribution in [-0.4, -0.2) is 25.5 Å². The van der Waals surface area contributed by atoms with Crippen LogP contribution in [0.15, 0.2) is 23.8 Å². The first-order valence-electron chi connectivity index (χ1n) is 4.74. The lowest BCUT2D eigenvalue weighted by Gasteiger charge is -2.19. The van der Waals surface area contributed by atoms with E-state index in [1.165, 1.54) is 25.0 Å². The van der Waals surface area contributed by atoms with Crippen LogP contribution in [0.4, 0.5) is 0 Å². The molecule has 1 nitrogen and oxygen atoms in total. The molecule has 0 aromatic rings. The highest BCUT2D eigenvalue weighted by atomic mass is 15.1. The first kappa shape index (κ1) is 9.53. The van der Waals surface area contributed by atoms with Crippen LogP contribution < -0.4 is 0 Å². The van der Waals surface area contributed by atoms with Crippen LogP contribution in [0, 0.1) is 5.92 Å². The van der Waals surface area contributed by atoms with Crippen molar-refractivity contribution in [1.29, 1.82) is 0 Å². The molecule has 1 rings (SSSR count). The monoisotopic (exact) mass is 165 g/mol. The van der Waals surface area contributed by atoms with Crippen molar-refractivity contribution >= 4 is 0 Å². The molecule has 0 aliphatic heterocycles. The molecule has 0 fully saturated rings. The Kier molecular flexibility index (Phi) is 3.54. The standard InChI is InChI=1S/C11H19N/c1-4-10-5-7-11(8-6-10)9-12(2)3/h5-7,11H,4,8-9H2,1-3H3. The molecule has 0 radical (unpaired) electrons. The maximum Gasteiger partial charge on any atom is 0.00413 e. The fourth-order valence-electron chi connectivity index (χ4n) is 1.58. The molecule has 1 heteroatoms. The van der Waals surface area contributed by atoms with Crippen molar-refractivity contribution < 1.29 is 0 Å². The summed E-state index contributed by atoms with van der Waals surface area (Å²) < 4.78 is 0. The van der Waals surface area contributed by atoms with Gasteiger partial charge in [0.1, 0.15) is 0 Å². The SMILES string of the molecule is CCC1=CCC(CN(C)C)C=C1. The molecule has 0 bridgehead atoms. The summed E-state index contributed by atoms with van der Waals surface area (Å²) in [5, 5.41) is 0. The smallest absolute Gasteiger partial charge is 0.00413 e. The Hall–Kier alpha value is -0.560. The van der Waals surface area contributed by atoms with Crippen LogP contribution in [0.5, 0.6) is 0 Å². The minimum atomic E-state index is 0.732. The Morgan fingerprint density at radius 3 is 2.67 bits per heavy atom. The molecule has 12 heavy (non-hydrogen) atoms. The molecule has 0 aromatic heterocycles. The maximum absolute atomic E-state index is 2.37.